The van der Waals surface area contributed by atoms with Crippen LogP contribution in [0.3, 0.4) is 0 Å². The number of amides is 2. The topological polar surface area (TPSA) is 63.6 Å². The fourth-order valence-electron chi connectivity index (χ4n) is 5.59. The minimum atomic E-state index is -0.368. The lowest BCUT2D eigenvalue weighted by molar-refractivity contribution is 0.0526. The first-order valence-corrected chi connectivity index (χ1v) is 14.1. The molecule has 0 unspecified atom stereocenters. The molecule has 2 aromatic heterocycles. The Kier molecular flexibility index (Phi) is 6.54. The van der Waals surface area contributed by atoms with E-state index in [1.807, 2.05) is 16.2 Å². The predicted molar refractivity (Wildman–Crippen MR) is 150 cm³/mol. The van der Waals surface area contributed by atoms with Crippen LogP contribution in [-0.2, 0) is 24.1 Å². The normalized spacial score (nSPS) is 16.2. The van der Waals surface area contributed by atoms with Crippen molar-refractivity contribution >= 4 is 29.0 Å². The zero-order chi connectivity index (χ0) is 26.2. The van der Waals surface area contributed by atoms with Crippen LogP contribution < -0.4 is 5.32 Å². The van der Waals surface area contributed by atoms with Crippen LogP contribution in [0.1, 0.15) is 69.0 Å². The quantitative estimate of drug-likeness (QED) is 0.291. The summed E-state index contributed by atoms with van der Waals surface area (Å²) in [5.74, 6) is -0.368. The number of carbonyl (C=O) groups is 2. The Morgan fingerprint density at radius 2 is 1.76 bits per heavy atom. The molecule has 0 saturated carbocycles. The average molecular weight is 526 g/mol. The van der Waals surface area contributed by atoms with Gasteiger partial charge < -0.3 is 19.5 Å². The first kappa shape index (κ1) is 24.5. The van der Waals surface area contributed by atoms with E-state index in [2.05, 4.69) is 59.4 Å². The third-order valence-electron chi connectivity index (χ3n) is 7.48. The van der Waals surface area contributed by atoms with Gasteiger partial charge in [-0.05, 0) is 87.1 Å². The van der Waals surface area contributed by atoms with Crippen LogP contribution >= 0.6 is 11.3 Å². The smallest absolute Gasteiger partial charge is 0.338 e. The molecule has 2 amide bonds. The molecular formula is C31H31N3O3S. The van der Waals surface area contributed by atoms with Gasteiger partial charge in [0.1, 0.15) is 5.00 Å². The highest BCUT2D eigenvalue weighted by atomic mass is 32.1. The Bertz CT molecular complexity index is 1480. The number of nitrogens with zero attached hydrogens (tertiary/aromatic N) is 2. The summed E-state index contributed by atoms with van der Waals surface area (Å²) >= 11 is 1.88. The van der Waals surface area contributed by atoms with Crippen molar-refractivity contribution in [2.75, 3.05) is 11.9 Å². The summed E-state index contributed by atoms with van der Waals surface area (Å²) in [7, 11) is 0. The maximum absolute atomic E-state index is 14.0. The number of ether oxygens (including phenoxy) is 1. The zero-order valence-electron chi connectivity index (χ0n) is 21.7. The highest BCUT2D eigenvalue weighted by molar-refractivity contribution is 7.15. The Morgan fingerprint density at radius 1 is 1.00 bits per heavy atom. The van der Waals surface area contributed by atoms with E-state index in [0.29, 0.717) is 24.4 Å². The molecule has 194 valence electrons. The van der Waals surface area contributed by atoms with E-state index >= 15 is 0 Å². The predicted octanol–water partition coefficient (Wildman–Crippen LogP) is 7.04. The number of rotatable bonds is 4. The number of hydrogen-bond acceptors (Lipinski definition) is 4. The van der Waals surface area contributed by atoms with E-state index in [-0.39, 0.29) is 18.0 Å². The number of benzene rings is 2. The lowest BCUT2D eigenvalue weighted by Crippen LogP contribution is -2.38. The molecule has 1 aliphatic carbocycles. The molecule has 0 saturated heterocycles. The number of esters is 1. The van der Waals surface area contributed by atoms with Crippen molar-refractivity contribution < 1.29 is 14.3 Å². The highest BCUT2D eigenvalue weighted by Gasteiger charge is 2.36. The van der Waals surface area contributed by atoms with Crippen molar-refractivity contribution in [2.45, 2.75) is 52.1 Å². The van der Waals surface area contributed by atoms with Crippen LogP contribution in [0.5, 0.6) is 0 Å². The summed E-state index contributed by atoms with van der Waals surface area (Å²) in [6.45, 7) is 4.72. The van der Waals surface area contributed by atoms with Crippen molar-refractivity contribution in [2.24, 2.45) is 0 Å². The maximum atomic E-state index is 14.0. The number of carbonyl (C=O) groups excluding carboxylic acids is 2. The summed E-state index contributed by atoms with van der Waals surface area (Å²) in [4.78, 5) is 29.5. The lowest BCUT2D eigenvalue weighted by Gasteiger charge is -2.31. The molecule has 1 atom stereocenters. The minimum Gasteiger partial charge on any atom is -0.462 e. The molecule has 4 aromatic rings. The summed E-state index contributed by atoms with van der Waals surface area (Å²) in [5, 5.41) is 4.34. The second-order valence-electron chi connectivity index (χ2n) is 9.97. The SMILES string of the molecule is CCOC(=O)c1ccc(NC(=O)N2Cc3c(sc4c3CCCC4)-n3cccc3[C@@H]2c2ccc(C)cc2)cc1. The third-order valence-corrected chi connectivity index (χ3v) is 8.81. The third kappa shape index (κ3) is 4.41. The maximum Gasteiger partial charge on any atom is 0.338 e. The van der Waals surface area contributed by atoms with Crippen molar-refractivity contribution in [3.8, 4) is 5.00 Å². The van der Waals surface area contributed by atoms with E-state index in [1.54, 1.807) is 31.2 Å². The monoisotopic (exact) mass is 525 g/mol. The molecule has 7 heteroatoms. The molecule has 6 nitrogen and oxygen atoms in total. The van der Waals surface area contributed by atoms with Gasteiger partial charge in [0.05, 0.1) is 30.5 Å². The van der Waals surface area contributed by atoms with Gasteiger partial charge in [0.25, 0.3) is 0 Å². The van der Waals surface area contributed by atoms with Gasteiger partial charge in [0.2, 0.25) is 0 Å². The molecule has 38 heavy (non-hydrogen) atoms. The van der Waals surface area contributed by atoms with Gasteiger partial charge in [-0.25, -0.2) is 9.59 Å². The average Bonchev–Trinajstić information content (AvgIpc) is 3.52. The van der Waals surface area contributed by atoms with Crippen LogP contribution in [-0.4, -0.2) is 28.1 Å². The van der Waals surface area contributed by atoms with Crippen molar-refractivity contribution in [1.29, 1.82) is 0 Å². The first-order valence-electron chi connectivity index (χ1n) is 13.3. The molecule has 2 aromatic carbocycles. The van der Waals surface area contributed by atoms with E-state index in [1.165, 1.54) is 39.4 Å². The number of hydrogen-bond donors (Lipinski definition) is 1. The molecule has 0 spiro atoms. The Morgan fingerprint density at radius 3 is 2.53 bits per heavy atom. The van der Waals surface area contributed by atoms with E-state index in [0.717, 1.165) is 24.1 Å². The van der Waals surface area contributed by atoms with Gasteiger partial charge in [0.15, 0.2) is 0 Å². The van der Waals surface area contributed by atoms with Crippen LogP contribution in [0.15, 0.2) is 66.9 Å². The number of fused-ring (bicyclic) bond motifs is 5. The summed E-state index contributed by atoms with van der Waals surface area (Å²) in [5.41, 5.74) is 7.14. The van der Waals surface area contributed by atoms with E-state index in [4.69, 9.17) is 4.74 Å². The van der Waals surface area contributed by atoms with Crippen LogP contribution in [0.25, 0.3) is 5.00 Å². The molecule has 1 aliphatic heterocycles. The highest BCUT2D eigenvalue weighted by Crippen LogP contribution is 2.44. The van der Waals surface area contributed by atoms with Gasteiger partial charge in [-0.3, -0.25) is 0 Å². The van der Waals surface area contributed by atoms with Gasteiger partial charge >= 0.3 is 12.0 Å². The van der Waals surface area contributed by atoms with Crippen molar-refractivity contribution in [1.82, 2.24) is 9.47 Å². The molecule has 0 bridgehead atoms. The Balaban J connectivity index is 1.40. The fraction of sp³-hybridized carbons (Fsp3) is 0.290. The Hall–Kier alpha value is -3.84. The van der Waals surface area contributed by atoms with Crippen LogP contribution in [0.4, 0.5) is 10.5 Å². The number of thiophene rings is 1. The molecule has 2 aliphatic rings. The number of anilines is 1. The van der Waals surface area contributed by atoms with Crippen LogP contribution in [0, 0.1) is 6.92 Å². The van der Waals surface area contributed by atoms with Crippen molar-refractivity contribution in [3.63, 3.8) is 0 Å². The summed E-state index contributed by atoms with van der Waals surface area (Å²) in [6, 6.07) is 19.1. The van der Waals surface area contributed by atoms with Crippen molar-refractivity contribution in [3.05, 3.63) is 105 Å². The van der Waals surface area contributed by atoms with Gasteiger partial charge in [-0.1, -0.05) is 29.8 Å². The summed E-state index contributed by atoms with van der Waals surface area (Å²) < 4.78 is 7.39. The molecule has 3 heterocycles. The van der Waals surface area contributed by atoms with Gasteiger partial charge in [-0.15, -0.1) is 11.3 Å². The summed E-state index contributed by atoms with van der Waals surface area (Å²) in [6.07, 6.45) is 6.73. The largest absolute Gasteiger partial charge is 0.462 e. The second kappa shape index (κ2) is 10.1. The number of urea groups is 1. The standard InChI is InChI=1S/C31H31N3O3S/c1-3-37-30(35)22-14-16-23(17-15-22)32-31(36)34-19-25-24-7-4-5-9-27(24)38-29(25)33-18-6-8-26(33)28(34)21-12-10-20(2)11-13-21/h6,8,10-18,28H,3-5,7,9,19H2,1-2H3,(H,32,36)/t28-/m0/s1. The molecule has 1 N–H and O–H groups in total. The number of aromatic nitrogens is 1. The first-order chi connectivity index (χ1) is 18.5. The van der Waals surface area contributed by atoms with E-state index in [9.17, 15) is 9.59 Å². The molecule has 6 rings (SSSR count). The van der Waals surface area contributed by atoms with Crippen LogP contribution in [0.2, 0.25) is 0 Å². The second-order valence-corrected chi connectivity index (χ2v) is 11.1. The van der Waals surface area contributed by atoms with Gasteiger partial charge in [-0.2, -0.15) is 0 Å². The zero-order valence-corrected chi connectivity index (χ0v) is 22.5. The molecular weight excluding hydrogens is 494 g/mol. The molecule has 0 fully saturated rings. The Labute approximate surface area is 226 Å². The fourth-order valence-corrected chi connectivity index (χ4v) is 6.99. The minimum absolute atomic E-state index is 0.171. The van der Waals surface area contributed by atoms with Gasteiger partial charge in [0, 0.05) is 22.3 Å². The number of aryl methyl sites for hydroxylation is 2. The number of nitrogens with one attached hydrogen (secondary N) is 1. The lowest BCUT2D eigenvalue weighted by atomic mass is 9.95. The van der Waals surface area contributed by atoms with E-state index < -0.39 is 0 Å². The molecule has 0 radical (unpaired) electrons.